The molecule has 2 heterocycles. The summed E-state index contributed by atoms with van der Waals surface area (Å²) in [6, 6.07) is 0.219. The largest absolute Gasteiger partial charge is 0.454 e. The quantitative estimate of drug-likeness (QED) is 0.556. The second-order valence-electron chi connectivity index (χ2n) is 3.66. The Morgan fingerprint density at radius 1 is 1.29 bits per heavy atom. The minimum atomic E-state index is -0.289. The highest BCUT2D eigenvalue weighted by Gasteiger charge is 2.31. The Hall–Kier alpha value is -1.10. The molecule has 78 valence electrons. The van der Waals surface area contributed by atoms with E-state index < -0.39 is 0 Å². The van der Waals surface area contributed by atoms with Gasteiger partial charge in [-0.05, 0) is 25.9 Å². The molecule has 0 unspecified atom stereocenters. The molecule has 2 fully saturated rings. The zero-order valence-corrected chi connectivity index (χ0v) is 7.99. The van der Waals surface area contributed by atoms with E-state index in [9.17, 15) is 9.59 Å². The van der Waals surface area contributed by atoms with Gasteiger partial charge in [-0.25, -0.2) is 0 Å². The third-order valence-electron chi connectivity index (χ3n) is 2.73. The van der Waals surface area contributed by atoms with Gasteiger partial charge in [0, 0.05) is 6.04 Å². The number of carbonyl (C=O) groups is 2. The SMILES string of the molecule is O=C1CN(C2CCNCC2)C(=O)CO1. The van der Waals surface area contributed by atoms with Crippen LogP contribution < -0.4 is 5.32 Å². The van der Waals surface area contributed by atoms with Gasteiger partial charge in [0.25, 0.3) is 5.91 Å². The first kappa shape index (κ1) is 9.45. The van der Waals surface area contributed by atoms with E-state index in [0.29, 0.717) is 0 Å². The number of hydrogen-bond acceptors (Lipinski definition) is 4. The van der Waals surface area contributed by atoms with E-state index in [1.54, 1.807) is 4.90 Å². The number of nitrogens with zero attached hydrogens (tertiary/aromatic N) is 1. The average Bonchev–Trinajstić information content (AvgIpc) is 2.23. The van der Waals surface area contributed by atoms with Crippen LogP contribution in [0.15, 0.2) is 0 Å². The van der Waals surface area contributed by atoms with Gasteiger partial charge in [-0.15, -0.1) is 0 Å². The highest BCUT2D eigenvalue weighted by atomic mass is 16.5. The van der Waals surface area contributed by atoms with Crippen LogP contribution in [0.4, 0.5) is 0 Å². The molecule has 1 amide bonds. The molecule has 2 aliphatic heterocycles. The van der Waals surface area contributed by atoms with E-state index in [4.69, 9.17) is 0 Å². The van der Waals surface area contributed by atoms with Crippen molar-refractivity contribution in [2.45, 2.75) is 18.9 Å². The lowest BCUT2D eigenvalue weighted by Gasteiger charge is -2.35. The third kappa shape index (κ3) is 1.87. The predicted octanol–water partition coefficient (Wildman–Crippen LogP) is -0.876. The Bertz CT molecular complexity index is 248. The van der Waals surface area contributed by atoms with Gasteiger partial charge in [0.05, 0.1) is 0 Å². The lowest BCUT2D eigenvalue weighted by molar-refractivity contribution is -0.164. The van der Waals surface area contributed by atoms with Crippen LogP contribution in [0.5, 0.6) is 0 Å². The highest BCUT2D eigenvalue weighted by Crippen LogP contribution is 2.14. The number of morpholine rings is 1. The second-order valence-corrected chi connectivity index (χ2v) is 3.66. The monoisotopic (exact) mass is 198 g/mol. The molecule has 5 heteroatoms. The Balaban J connectivity index is 1.99. The van der Waals surface area contributed by atoms with Crippen LogP contribution in [0.3, 0.4) is 0 Å². The number of rotatable bonds is 1. The Morgan fingerprint density at radius 2 is 2.00 bits per heavy atom. The molecule has 0 radical (unpaired) electrons. The van der Waals surface area contributed by atoms with Crippen LogP contribution in [0.25, 0.3) is 0 Å². The zero-order chi connectivity index (χ0) is 9.97. The summed E-state index contributed by atoms with van der Waals surface area (Å²) in [6.45, 7) is 1.89. The standard InChI is InChI=1S/C9H14N2O3/c12-8-6-14-9(13)5-11(8)7-1-3-10-4-2-7/h7,10H,1-6H2. The van der Waals surface area contributed by atoms with E-state index in [2.05, 4.69) is 10.1 Å². The Labute approximate surface area is 82.4 Å². The van der Waals surface area contributed by atoms with Crippen LogP contribution >= 0.6 is 0 Å². The van der Waals surface area contributed by atoms with Crippen molar-refractivity contribution in [2.24, 2.45) is 0 Å². The summed E-state index contributed by atoms with van der Waals surface area (Å²) in [5, 5.41) is 3.23. The first-order valence-electron chi connectivity index (χ1n) is 4.93. The molecule has 1 N–H and O–H groups in total. The topological polar surface area (TPSA) is 58.6 Å². The van der Waals surface area contributed by atoms with Crippen molar-refractivity contribution in [2.75, 3.05) is 26.2 Å². The third-order valence-corrected chi connectivity index (χ3v) is 2.73. The molecular weight excluding hydrogens is 184 g/mol. The average molecular weight is 198 g/mol. The molecule has 0 aromatic heterocycles. The molecule has 14 heavy (non-hydrogen) atoms. The van der Waals surface area contributed by atoms with E-state index in [1.807, 2.05) is 0 Å². The minimum absolute atomic E-state index is 0.0588. The smallest absolute Gasteiger partial charge is 0.326 e. The molecule has 2 saturated heterocycles. The molecule has 2 aliphatic rings. The first-order valence-corrected chi connectivity index (χ1v) is 4.93. The number of ether oxygens (including phenoxy) is 1. The molecule has 0 aromatic carbocycles. The van der Waals surface area contributed by atoms with E-state index >= 15 is 0 Å². The maximum atomic E-state index is 11.5. The fourth-order valence-electron chi connectivity index (χ4n) is 1.95. The number of piperidine rings is 1. The van der Waals surface area contributed by atoms with Gasteiger partial charge in [0.2, 0.25) is 0 Å². The van der Waals surface area contributed by atoms with Crippen molar-refractivity contribution in [3.05, 3.63) is 0 Å². The van der Waals surface area contributed by atoms with Gasteiger partial charge >= 0.3 is 5.97 Å². The summed E-state index contributed by atoms with van der Waals surface area (Å²) in [4.78, 5) is 24.2. The van der Waals surface area contributed by atoms with Crippen molar-refractivity contribution in [3.63, 3.8) is 0 Å². The predicted molar refractivity (Wildman–Crippen MR) is 48.6 cm³/mol. The summed E-state index contributed by atoms with van der Waals surface area (Å²) in [7, 11) is 0. The van der Waals surface area contributed by atoms with Crippen molar-refractivity contribution >= 4 is 11.9 Å². The molecule has 2 rings (SSSR count). The van der Waals surface area contributed by atoms with Crippen LogP contribution in [0, 0.1) is 0 Å². The Morgan fingerprint density at radius 3 is 2.71 bits per heavy atom. The van der Waals surface area contributed by atoms with Crippen LogP contribution in [0.1, 0.15) is 12.8 Å². The van der Waals surface area contributed by atoms with Gasteiger partial charge in [0.1, 0.15) is 6.54 Å². The van der Waals surface area contributed by atoms with Gasteiger partial charge in [-0.2, -0.15) is 0 Å². The lowest BCUT2D eigenvalue weighted by atomic mass is 10.0. The molecular formula is C9H14N2O3. The second kappa shape index (κ2) is 3.96. The summed E-state index contributed by atoms with van der Waals surface area (Å²) in [5.41, 5.74) is 0. The number of cyclic esters (lactones) is 1. The molecule has 0 bridgehead atoms. The number of hydrogen-bond donors (Lipinski definition) is 1. The lowest BCUT2D eigenvalue weighted by Crippen LogP contribution is -2.52. The number of nitrogens with one attached hydrogen (secondary N) is 1. The van der Waals surface area contributed by atoms with E-state index in [1.165, 1.54) is 0 Å². The zero-order valence-electron chi connectivity index (χ0n) is 7.99. The normalized spacial score (nSPS) is 25.0. The van der Waals surface area contributed by atoms with E-state index in [-0.39, 0.29) is 31.1 Å². The summed E-state index contributed by atoms with van der Waals surface area (Å²) in [6.07, 6.45) is 1.86. The molecule has 0 aliphatic carbocycles. The maximum absolute atomic E-state index is 11.5. The highest BCUT2D eigenvalue weighted by molar-refractivity contribution is 5.88. The number of carbonyl (C=O) groups excluding carboxylic acids is 2. The van der Waals surface area contributed by atoms with Crippen LogP contribution in [-0.2, 0) is 14.3 Å². The van der Waals surface area contributed by atoms with Crippen LogP contribution in [0.2, 0.25) is 0 Å². The number of amides is 1. The Kier molecular flexibility index (Phi) is 2.67. The van der Waals surface area contributed by atoms with Crippen molar-refractivity contribution in [1.29, 1.82) is 0 Å². The van der Waals surface area contributed by atoms with Crippen molar-refractivity contribution in [1.82, 2.24) is 10.2 Å². The van der Waals surface area contributed by atoms with Crippen LogP contribution in [-0.4, -0.2) is 49.1 Å². The van der Waals surface area contributed by atoms with Gasteiger partial charge in [0.15, 0.2) is 6.61 Å². The molecule has 5 nitrogen and oxygen atoms in total. The summed E-state index contributed by atoms with van der Waals surface area (Å²) < 4.78 is 4.67. The molecule has 0 spiro atoms. The summed E-state index contributed by atoms with van der Waals surface area (Å²) in [5.74, 6) is -0.348. The molecule has 0 aromatic rings. The molecule has 0 atom stereocenters. The van der Waals surface area contributed by atoms with Crippen molar-refractivity contribution < 1.29 is 14.3 Å². The van der Waals surface area contributed by atoms with Gasteiger partial charge in [-0.1, -0.05) is 0 Å². The van der Waals surface area contributed by atoms with E-state index in [0.717, 1.165) is 25.9 Å². The fourth-order valence-corrected chi connectivity index (χ4v) is 1.95. The van der Waals surface area contributed by atoms with Gasteiger partial charge < -0.3 is 15.0 Å². The van der Waals surface area contributed by atoms with Crippen molar-refractivity contribution in [3.8, 4) is 0 Å². The minimum Gasteiger partial charge on any atom is -0.454 e. The summed E-state index contributed by atoms with van der Waals surface area (Å²) >= 11 is 0. The van der Waals surface area contributed by atoms with Gasteiger partial charge in [-0.3, -0.25) is 9.59 Å². The first-order chi connectivity index (χ1) is 6.77. The molecule has 0 saturated carbocycles. The fraction of sp³-hybridized carbons (Fsp3) is 0.778. The maximum Gasteiger partial charge on any atom is 0.326 e. The number of esters is 1.